The zero-order valence-electron chi connectivity index (χ0n) is 18.4. The molecule has 2 aromatic carbocycles. The number of aromatic nitrogens is 3. The number of hydrogen-bond donors (Lipinski definition) is 1. The monoisotopic (exact) mass is 474 g/mol. The van der Waals surface area contributed by atoms with Crippen molar-refractivity contribution in [3.63, 3.8) is 0 Å². The normalized spacial score (nSPS) is 12.6. The summed E-state index contributed by atoms with van der Waals surface area (Å²) in [5.41, 5.74) is -0.0939. The third-order valence-corrected chi connectivity index (χ3v) is 5.71. The molecule has 2 atom stereocenters. The van der Waals surface area contributed by atoms with E-state index in [4.69, 9.17) is 9.47 Å². The molecule has 7 nitrogen and oxygen atoms in total. The van der Waals surface area contributed by atoms with Crippen molar-refractivity contribution in [1.82, 2.24) is 14.8 Å². The zero-order valence-corrected chi connectivity index (χ0v) is 19.2. The van der Waals surface area contributed by atoms with Gasteiger partial charge < -0.3 is 14.8 Å². The van der Waals surface area contributed by atoms with Crippen LogP contribution in [-0.4, -0.2) is 33.0 Å². The Morgan fingerprint density at radius 2 is 1.88 bits per heavy atom. The molecule has 1 amide bonds. The van der Waals surface area contributed by atoms with Crippen LogP contribution in [0.4, 0.5) is 14.5 Å². The van der Waals surface area contributed by atoms with E-state index in [0.29, 0.717) is 29.3 Å². The fourth-order valence-electron chi connectivity index (χ4n) is 2.94. The van der Waals surface area contributed by atoms with Crippen molar-refractivity contribution < 1.29 is 23.0 Å². The minimum Gasteiger partial charge on any atom is -0.497 e. The lowest BCUT2D eigenvalue weighted by molar-refractivity contribution is -0.115. The number of nitrogens with one attached hydrogen (secondary N) is 1. The number of carbonyl (C=O) groups excluding carboxylic acids is 1. The number of carbonyl (C=O) groups is 1. The van der Waals surface area contributed by atoms with Crippen molar-refractivity contribution in [2.24, 2.45) is 0 Å². The number of amides is 1. The van der Waals surface area contributed by atoms with Gasteiger partial charge >= 0.3 is 0 Å². The lowest BCUT2D eigenvalue weighted by Crippen LogP contribution is -2.23. The van der Waals surface area contributed by atoms with Crippen LogP contribution in [0.5, 0.6) is 11.5 Å². The highest BCUT2D eigenvalue weighted by Gasteiger charge is 2.23. The highest BCUT2D eigenvalue weighted by atomic mass is 32.2. The molecule has 33 heavy (non-hydrogen) atoms. The molecule has 0 aliphatic rings. The Labute approximate surface area is 194 Å². The number of anilines is 1. The van der Waals surface area contributed by atoms with Gasteiger partial charge in [-0.3, -0.25) is 9.36 Å². The van der Waals surface area contributed by atoms with Crippen LogP contribution >= 0.6 is 11.8 Å². The summed E-state index contributed by atoms with van der Waals surface area (Å²) < 4.78 is 39.9. The van der Waals surface area contributed by atoms with Crippen LogP contribution < -0.4 is 14.8 Å². The summed E-state index contributed by atoms with van der Waals surface area (Å²) in [6, 6.07) is 10.1. The molecule has 0 aliphatic heterocycles. The molecule has 0 spiro atoms. The molecule has 1 aromatic heterocycles. The van der Waals surface area contributed by atoms with Crippen molar-refractivity contribution in [1.29, 1.82) is 0 Å². The third kappa shape index (κ3) is 6.10. The molecule has 0 saturated heterocycles. The maximum absolute atomic E-state index is 13.9. The van der Waals surface area contributed by atoms with E-state index in [2.05, 4.69) is 22.1 Å². The molecular formula is C23H24F2N4O3S. The zero-order chi connectivity index (χ0) is 24.0. The number of thioether (sulfide) groups is 1. The summed E-state index contributed by atoms with van der Waals surface area (Å²) in [5, 5.41) is 10.8. The Morgan fingerprint density at radius 3 is 2.52 bits per heavy atom. The average molecular weight is 475 g/mol. The maximum Gasteiger partial charge on any atom is 0.237 e. The molecule has 0 saturated carbocycles. The SMILES string of the molecule is C=CCn1c(SC(C)C(=O)Nc2ccc(F)cc2F)nnc1C(C)Oc1ccc(OC)cc1. The van der Waals surface area contributed by atoms with Crippen molar-refractivity contribution in [2.45, 2.75) is 36.9 Å². The predicted molar refractivity (Wildman–Crippen MR) is 123 cm³/mol. The topological polar surface area (TPSA) is 78.3 Å². The van der Waals surface area contributed by atoms with E-state index >= 15 is 0 Å². The largest absolute Gasteiger partial charge is 0.497 e. The van der Waals surface area contributed by atoms with Gasteiger partial charge in [-0.15, -0.1) is 16.8 Å². The van der Waals surface area contributed by atoms with Crippen molar-refractivity contribution in [2.75, 3.05) is 12.4 Å². The number of ether oxygens (including phenoxy) is 2. The molecule has 10 heteroatoms. The Kier molecular flexibility index (Phi) is 8.05. The Bertz CT molecular complexity index is 1120. The smallest absolute Gasteiger partial charge is 0.237 e. The minimum atomic E-state index is -0.845. The summed E-state index contributed by atoms with van der Waals surface area (Å²) in [4.78, 5) is 12.6. The van der Waals surface area contributed by atoms with E-state index < -0.39 is 28.9 Å². The quantitative estimate of drug-likeness (QED) is 0.329. The summed E-state index contributed by atoms with van der Waals surface area (Å²) >= 11 is 1.16. The number of nitrogens with zero attached hydrogens (tertiary/aromatic N) is 3. The van der Waals surface area contributed by atoms with Crippen LogP contribution in [0.2, 0.25) is 0 Å². The Balaban J connectivity index is 1.72. The number of halogens is 2. The van der Waals surface area contributed by atoms with Gasteiger partial charge in [-0.1, -0.05) is 17.8 Å². The lowest BCUT2D eigenvalue weighted by atomic mass is 10.3. The molecule has 174 valence electrons. The summed E-state index contributed by atoms with van der Waals surface area (Å²) in [5.74, 6) is -0.102. The Morgan fingerprint density at radius 1 is 1.18 bits per heavy atom. The summed E-state index contributed by atoms with van der Waals surface area (Å²) in [6.45, 7) is 7.68. The van der Waals surface area contributed by atoms with E-state index in [9.17, 15) is 13.6 Å². The second-order valence-corrected chi connectivity index (χ2v) is 8.36. The molecule has 3 aromatic rings. The average Bonchev–Trinajstić information content (AvgIpc) is 3.18. The predicted octanol–water partition coefficient (Wildman–Crippen LogP) is 5.01. The van der Waals surface area contributed by atoms with Gasteiger partial charge in [0.05, 0.1) is 18.0 Å². The first-order valence-electron chi connectivity index (χ1n) is 10.1. The van der Waals surface area contributed by atoms with Crippen LogP contribution in [0.3, 0.4) is 0 Å². The van der Waals surface area contributed by atoms with E-state index in [-0.39, 0.29) is 5.69 Å². The van der Waals surface area contributed by atoms with E-state index in [1.54, 1.807) is 48.9 Å². The molecular weight excluding hydrogens is 450 g/mol. The van der Waals surface area contributed by atoms with Crippen LogP contribution in [0.25, 0.3) is 0 Å². The number of rotatable bonds is 10. The highest BCUT2D eigenvalue weighted by Crippen LogP contribution is 2.28. The first-order valence-corrected chi connectivity index (χ1v) is 11.0. The van der Waals surface area contributed by atoms with Gasteiger partial charge in [0.2, 0.25) is 5.91 Å². The van der Waals surface area contributed by atoms with Crippen molar-refractivity contribution >= 4 is 23.4 Å². The standard InChI is InChI=1S/C23H24F2N4O3S/c1-5-12-29-21(14(2)32-18-9-7-17(31-4)8-10-18)27-28-23(29)33-15(3)22(30)26-20-11-6-16(24)13-19(20)25/h5-11,13-15H,1,12H2,2-4H3,(H,26,30). The van der Waals surface area contributed by atoms with Gasteiger partial charge in [0.15, 0.2) is 17.1 Å². The Hall–Kier alpha value is -3.40. The molecule has 0 radical (unpaired) electrons. The molecule has 0 aliphatic carbocycles. The van der Waals surface area contributed by atoms with Gasteiger partial charge in [-0.25, -0.2) is 8.78 Å². The van der Waals surface area contributed by atoms with Crippen LogP contribution in [0.1, 0.15) is 25.8 Å². The van der Waals surface area contributed by atoms with Gasteiger partial charge in [0, 0.05) is 12.6 Å². The van der Waals surface area contributed by atoms with Gasteiger partial charge in [0.25, 0.3) is 0 Å². The second-order valence-electron chi connectivity index (χ2n) is 7.05. The van der Waals surface area contributed by atoms with E-state index in [0.717, 1.165) is 23.6 Å². The fourth-order valence-corrected chi connectivity index (χ4v) is 3.80. The molecule has 0 fully saturated rings. The number of allylic oxidation sites excluding steroid dienone is 1. The van der Waals surface area contributed by atoms with E-state index in [1.807, 2.05) is 6.92 Å². The van der Waals surface area contributed by atoms with Crippen LogP contribution in [-0.2, 0) is 11.3 Å². The third-order valence-electron chi connectivity index (χ3n) is 4.63. The molecule has 1 N–H and O–H groups in total. The number of methoxy groups -OCH3 is 1. The van der Waals surface area contributed by atoms with Crippen molar-refractivity contribution in [3.8, 4) is 11.5 Å². The van der Waals surface area contributed by atoms with E-state index in [1.165, 1.54) is 6.07 Å². The van der Waals surface area contributed by atoms with Gasteiger partial charge in [0.1, 0.15) is 23.1 Å². The summed E-state index contributed by atoms with van der Waals surface area (Å²) in [7, 11) is 1.59. The molecule has 2 unspecified atom stereocenters. The van der Waals surface area contributed by atoms with Crippen molar-refractivity contribution in [3.05, 3.63) is 72.6 Å². The van der Waals surface area contributed by atoms with Crippen LogP contribution in [0, 0.1) is 11.6 Å². The van der Waals surface area contributed by atoms with Crippen LogP contribution in [0.15, 0.2) is 60.3 Å². The number of benzene rings is 2. The molecule has 0 bridgehead atoms. The molecule has 3 rings (SSSR count). The fraction of sp³-hybridized carbons (Fsp3) is 0.261. The minimum absolute atomic E-state index is 0.0939. The van der Waals surface area contributed by atoms with Gasteiger partial charge in [-0.2, -0.15) is 0 Å². The second kappa shape index (κ2) is 11.0. The highest BCUT2D eigenvalue weighted by molar-refractivity contribution is 8.00. The summed E-state index contributed by atoms with van der Waals surface area (Å²) in [6.07, 6.45) is 1.26. The lowest BCUT2D eigenvalue weighted by Gasteiger charge is -2.17. The first-order chi connectivity index (χ1) is 15.8. The first kappa shape index (κ1) is 24.2. The molecule has 1 heterocycles. The van der Waals surface area contributed by atoms with Gasteiger partial charge in [-0.05, 0) is 50.2 Å². The number of hydrogen-bond acceptors (Lipinski definition) is 6. The maximum atomic E-state index is 13.9.